The molecule has 132 valence electrons. The number of rotatable bonds is 4. The topological polar surface area (TPSA) is 50.2 Å². The van der Waals surface area contributed by atoms with Crippen LogP contribution in [0.15, 0.2) is 30.5 Å². The molecule has 1 heterocycles. The molecule has 7 heteroatoms. The summed E-state index contributed by atoms with van der Waals surface area (Å²) in [6.07, 6.45) is 0.781. The van der Waals surface area contributed by atoms with Crippen molar-refractivity contribution in [1.29, 1.82) is 0 Å². The number of benzene rings is 1. The second kappa shape index (κ2) is 7.20. The molecule has 1 N–H and O–H groups in total. The highest BCUT2D eigenvalue weighted by Crippen LogP contribution is 2.43. The van der Waals surface area contributed by atoms with Gasteiger partial charge in [0.05, 0.1) is 21.8 Å². The van der Waals surface area contributed by atoms with E-state index in [0.29, 0.717) is 15.6 Å². The van der Waals surface area contributed by atoms with E-state index in [1.54, 1.807) is 18.2 Å². The van der Waals surface area contributed by atoms with Gasteiger partial charge in [-0.25, -0.2) is 4.39 Å². The molecule has 0 amide bonds. The maximum atomic E-state index is 15.5. The van der Waals surface area contributed by atoms with Gasteiger partial charge in [0.15, 0.2) is 11.5 Å². The summed E-state index contributed by atoms with van der Waals surface area (Å²) in [5.41, 5.74) is -1.28. The minimum absolute atomic E-state index is 0.0807. The van der Waals surface area contributed by atoms with Gasteiger partial charge in [-0.05, 0) is 43.0 Å². The van der Waals surface area contributed by atoms with Crippen molar-refractivity contribution in [3.8, 4) is 0 Å². The van der Waals surface area contributed by atoms with Crippen LogP contribution >= 0.6 is 34.8 Å². The lowest BCUT2D eigenvalue weighted by atomic mass is 9.77. The molecule has 3 nitrogen and oxygen atoms in total. The lowest BCUT2D eigenvalue weighted by Gasteiger charge is -2.32. The minimum Gasteiger partial charge on any atom is -0.387 e. The number of hydrogen-bond acceptors (Lipinski definition) is 3. The van der Waals surface area contributed by atoms with Gasteiger partial charge in [-0.2, -0.15) is 0 Å². The summed E-state index contributed by atoms with van der Waals surface area (Å²) >= 11 is 18.2. The van der Waals surface area contributed by atoms with Crippen LogP contribution in [0.4, 0.5) is 4.39 Å². The molecule has 0 saturated heterocycles. The number of carbonyl (C=O) groups is 1. The number of aromatic nitrogens is 1. The first-order valence-corrected chi connectivity index (χ1v) is 8.96. The molecule has 0 fully saturated rings. The van der Waals surface area contributed by atoms with Gasteiger partial charge in [0.1, 0.15) is 0 Å². The molecule has 25 heavy (non-hydrogen) atoms. The van der Waals surface area contributed by atoms with Crippen LogP contribution in [0.5, 0.6) is 0 Å². The van der Waals surface area contributed by atoms with E-state index < -0.39 is 17.6 Å². The quantitative estimate of drug-likeness (QED) is 0.712. The van der Waals surface area contributed by atoms with Gasteiger partial charge in [-0.1, -0.05) is 40.9 Å². The predicted molar refractivity (Wildman–Crippen MR) is 96.0 cm³/mol. The number of halogens is 4. The van der Waals surface area contributed by atoms with E-state index in [-0.39, 0.29) is 42.0 Å². The number of fused-ring (bicyclic) bond motifs is 1. The molecule has 1 aromatic heterocycles. The van der Waals surface area contributed by atoms with Crippen molar-refractivity contribution in [2.24, 2.45) is 0 Å². The number of alkyl halides is 1. The van der Waals surface area contributed by atoms with E-state index in [0.717, 1.165) is 0 Å². The van der Waals surface area contributed by atoms with Gasteiger partial charge in [-0.15, -0.1) is 0 Å². The van der Waals surface area contributed by atoms with Crippen molar-refractivity contribution in [2.75, 3.05) is 0 Å². The van der Waals surface area contributed by atoms with Crippen molar-refractivity contribution in [2.45, 2.75) is 37.5 Å². The fraction of sp³-hybridized carbons (Fsp3) is 0.333. The molecule has 0 bridgehead atoms. The molecule has 1 aliphatic rings. The number of aliphatic hydroxyl groups is 1. The zero-order chi connectivity index (χ0) is 18.2. The first-order valence-electron chi connectivity index (χ1n) is 7.82. The normalized spacial score (nSPS) is 22.5. The summed E-state index contributed by atoms with van der Waals surface area (Å²) in [5.74, 6) is -0.583. The largest absolute Gasteiger partial charge is 0.387 e. The number of nitrogens with zero attached hydrogens (tertiary/aromatic N) is 1. The third-order valence-corrected chi connectivity index (χ3v) is 5.72. The Kier molecular flexibility index (Phi) is 5.35. The summed E-state index contributed by atoms with van der Waals surface area (Å²) in [6, 6.07) is 6.22. The lowest BCUT2D eigenvalue weighted by molar-refractivity contribution is -0.133. The monoisotopic (exact) mass is 401 g/mol. The lowest BCUT2D eigenvalue weighted by Crippen LogP contribution is -2.36. The summed E-state index contributed by atoms with van der Waals surface area (Å²) in [5, 5.41) is 11.0. The van der Waals surface area contributed by atoms with Crippen LogP contribution in [0.25, 0.3) is 0 Å². The van der Waals surface area contributed by atoms with E-state index in [4.69, 9.17) is 34.8 Å². The van der Waals surface area contributed by atoms with Crippen molar-refractivity contribution in [3.05, 3.63) is 62.4 Å². The summed E-state index contributed by atoms with van der Waals surface area (Å²) < 4.78 is 15.5. The molecule has 3 rings (SSSR count). The minimum atomic E-state index is -2.17. The number of Topliss-reactive ketones (excluding diaryl/α,β-unsaturated/α-hetero) is 1. The van der Waals surface area contributed by atoms with Crippen molar-refractivity contribution < 1.29 is 14.3 Å². The van der Waals surface area contributed by atoms with Crippen LogP contribution in [0.2, 0.25) is 15.1 Å². The first kappa shape index (κ1) is 18.6. The molecule has 2 aromatic rings. The second-order valence-electron chi connectivity index (χ2n) is 6.04. The van der Waals surface area contributed by atoms with Gasteiger partial charge in [0.2, 0.25) is 0 Å². The number of pyridine rings is 1. The molecule has 0 saturated carbocycles. The Morgan fingerprint density at radius 1 is 1.28 bits per heavy atom. The number of carbonyl (C=O) groups excluding carboxylic acids is 1. The molecular formula is C18H15Cl3FNO2. The van der Waals surface area contributed by atoms with Crippen LogP contribution < -0.4 is 0 Å². The average molecular weight is 403 g/mol. The van der Waals surface area contributed by atoms with Gasteiger partial charge < -0.3 is 5.11 Å². The molecule has 1 aliphatic carbocycles. The van der Waals surface area contributed by atoms with E-state index >= 15 is 4.39 Å². The van der Waals surface area contributed by atoms with E-state index in [1.807, 2.05) is 0 Å². The van der Waals surface area contributed by atoms with Crippen molar-refractivity contribution in [1.82, 2.24) is 4.98 Å². The molecule has 0 unspecified atom stereocenters. The van der Waals surface area contributed by atoms with Gasteiger partial charge in [-0.3, -0.25) is 9.78 Å². The zero-order valence-corrected chi connectivity index (χ0v) is 15.4. The smallest absolute Gasteiger partial charge is 0.195 e. The molecule has 0 radical (unpaired) electrons. The Hall–Kier alpha value is -1.20. The van der Waals surface area contributed by atoms with E-state index in [1.165, 1.54) is 12.3 Å². The molecular weight excluding hydrogens is 388 g/mol. The summed E-state index contributed by atoms with van der Waals surface area (Å²) in [4.78, 5) is 16.7. The van der Waals surface area contributed by atoms with Gasteiger partial charge in [0.25, 0.3) is 0 Å². The third kappa shape index (κ3) is 3.41. The molecule has 1 aromatic carbocycles. The maximum absolute atomic E-state index is 15.5. The van der Waals surface area contributed by atoms with Gasteiger partial charge >= 0.3 is 0 Å². The Labute approximate surface area is 159 Å². The Morgan fingerprint density at radius 3 is 2.76 bits per heavy atom. The van der Waals surface area contributed by atoms with Gasteiger partial charge in [0, 0.05) is 23.2 Å². The predicted octanol–water partition coefficient (Wildman–Crippen LogP) is 5.24. The van der Waals surface area contributed by atoms with Crippen LogP contribution in [0.3, 0.4) is 0 Å². The second-order valence-corrected chi connectivity index (χ2v) is 7.23. The average Bonchev–Trinajstić information content (AvgIpc) is 2.61. The first-order chi connectivity index (χ1) is 11.8. The Morgan fingerprint density at radius 2 is 2.00 bits per heavy atom. The number of ketones is 1. The fourth-order valence-corrected chi connectivity index (χ4v) is 3.89. The number of hydrogen-bond donors (Lipinski definition) is 1. The fourth-order valence-electron chi connectivity index (χ4n) is 3.15. The van der Waals surface area contributed by atoms with Crippen LogP contribution in [0.1, 0.15) is 42.2 Å². The van der Waals surface area contributed by atoms with Crippen molar-refractivity contribution in [3.63, 3.8) is 0 Å². The van der Waals surface area contributed by atoms with Crippen LogP contribution in [-0.2, 0) is 16.9 Å². The van der Waals surface area contributed by atoms with E-state index in [9.17, 15) is 9.90 Å². The van der Waals surface area contributed by atoms with Crippen LogP contribution in [-0.4, -0.2) is 15.9 Å². The Bertz CT molecular complexity index is 830. The maximum Gasteiger partial charge on any atom is 0.195 e. The molecule has 2 atom stereocenters. The van der Waals surface area contributed by atoms with Crippen molar-refractivity contribution >= 4 is 40.6 Å². The SMILES string of the molecule is O=C(CCc1c(Cl)ccc(Cl)c1Cl)[C@]1(F)CC[C@H](O)c2ncccc21. The highest BCUT2D eigenvalue weighted by molar-refractivity contribution is 6.44. The van der Waals surface area contributed by atoms with Crippen LogP contribution in [0, 0.1) is 0 Å². The Balaban J connectivity index is 1.85. The number of aliphatic hydroxyl groups excluding tert-OH is 1. The highest BCUT2D eigenvalue weighted by atomic mass is 35.5. The zero-order valence-electron chi connectivity index (χ0n) is 13.1. The standard InChI is InChI=1S/C18H15Cl3FNO2/c19-12-4-5-13(20)16(21)10(12)3-6-15(25)18(22)8-7-14(24)17-11(18)2-1-9-23-17/h1-2,4-5,9,14,24H,3,6-8H2/t14-,18-/m0/s1. The summed E-state index contributed by atoms with van der Waals surface area (Å²) in [6.45, 7) is 0. The molecule has 0 aliphatic heterocycles. The molecule has 0 spiro atoms. The third-order valence-electron chi connectivity index (χ3n) is 4.53. The van der Waals surface area contributed by atoms with E-state index in [2.05, 4.69) is 4.98 Å². The summed E-state index contributed by atoms with van der Waals surface area (Å²) in [7, 11) is 0. The highest BCUT2D eigenvalue weighted by Gasteiger charge is 2.45.